The second-order valence-electron chi connectivity index (χ2n) is 7.71. The van der Waals surface area contributed by atoms with Gasteiger partial charge in [-0.3, -0.25) is 4.79 Å². The highest BCUT2D eigenvalue weighted by Crippen LogP contribution is 2.51. The average molecular weight is 398 g/mol. The number of carbonyl (C=O) groups is 1. The first-order valence-electron chi connectivity index (χ1n) is 8.44. The smallest absolute Gasteiger partial charge is 0.409 e. The molecule has 0 spiro atoms. The molecule has 2 aromatic rings. The number of hydrogen-bond acceptors (Lipinski definition) is 3. The summed E-state index contributed by atoms with van der Waals surface area (Å²) in [5.41, 5.74) is 0.856. The quantitative estimate of drug-likeness (QED) is 0.624. The predicted octanol–water partition coefficient (Wildman–Crippen LogP) is 5.56. The van der Waals surface area contributed by atoms with E-state index in [-0.39, 0.29) is 11.3 Å². The molecule has 0 amide bonds. The third kappa shape index (κ3) is 5.00. The number of hydrogen-bond donors (Lipinski definition) is 2. The van der Waals surface area contributed by atoms with E-state index in [1.54, 1.807) is 13.8 Å². The molecular weight excluding hydrogens is 373 g/mol. The minimum Gasteiger partial charge on any atom is -0.480 e. The average Bonchev–Trinajstić information content (AvgIpc) is 2.51. The molecule has 0 aliphatic heterocycles. The Labute approximate surface area is 159 Å². The molecule has 2 rings (SSSR count). The zero-order chi connectivity index (χ0) is 19.7. The molecule has 0 radical (unpaired) electrons. The number of halogens is 1. The molecule has 2 unspecified atom stereocenters. The van der Waals surface area contributed by atoms with Crippen LogP contribution in [0.15, 0.2) is 36.4 Å². The maximum absolute atomic E-state index is 12.8. The predicted molar refractivity (Wildman–Crippen MR) is 106 cm³/mol. The number of fused-ring (bicyclic) bond motifs is 1. The summed E-state index contributed by atoms with van der Waals surface area (Å²) in [6, 6.07) is 10.4. The largest absolute Gasteiger partial charge is 0.480 e. The number of rotatable bonds is 6. The van der Waals surface area contributed by atoms with Crippen molar-refractivity contribution in [3.05, 3.63) is 42.0 Å². The third-order valence-corrected chi connectivity index (χ3v) is 5.65. The summed E-state index contributed by atoms with van der Waals surface area (Å²) in [6.45, 7) is 5.70. The van der Waals surface area contributed by atoms with Crippen molar-refractivity contribution in [2.45, 2.75) is 46.1 Å². The van der Waals surface area contributed by atoms with E-state index >= 15 is 0 Å². The van der Waals surface area contributed by atoms with Crippen LogP contribution in [0.25, 0.3) is 10.8 Å². The van der Waals surface area contributed by atoms with Crippen LogP contribution in [0.3, 0.4) is 0 Å². The number of aliphatic carboxylic acids is 1. The first-order valence-corrected chi connectivity index (χ1v) is 11.0. The molecule has 0 aromatic heterocycles. The topological polar surface area (TPSA) is 75.6 Å². The van der Waals surface area contributed by atoms with Crippen molar-refractivity contribution in [2.75, 3.05) is 0 Å². The first kappa shape index (κ1) is 20.8. The fraction of sp³-hybridized carbons (Fsp3) is 0.421. The van der Waals surface area contributed by atoms with E-state index < -0.39 is 18.9 Å². The summed E-state index contributed by atoms with van der Waals surface area (Å²) >= 11 is 6.08. The van der Waals surface area contributed by atoms with Gasteiger partial charge in [-0.1, -0.05) is 65.0 Å². The van der Waals surface area contributed by atoms with Gasteiger partial charge in [0.15, 0.2) is 0 Å². The Morgan fingerprint density at radius 3 is 2.38 bits per heavy atom. The second-order valence-corrected chi connectivity index (χ2v) is 10.4. The van der Waals surface area contributed by atoms with Gasteiger partial charge < -0.3 is 9.63 Å². The Hall–Kier alpha value is -1.55. The van der Waals surface area contributed by atoms with E-state index in [9.17, 15) is 14.5 Å². The molecule has 26 heavy (non-hydrogen) atoms. The van der Waals surface area contributed by atoms with Gasteiger partial charge in [0.05, 0.1) is 0 Å². The van der Waals surface area contributed by atoms with Crippen molar-refractivity contribution in [2.24, 2.45) is 5.92 Å². The highest BCUT2D eigenvalue weighted by Gasteiger charge is 2.32. The van der Waals surface area contributed by atoms with Crippen LogP contribution < -0.4 is 9.61 Å². The van der Waals surface area contributed by atoms with Crippen LogP contribution in [0, 0.1) is 5.92 Å². The number of benzene rings is 2. The van der Waals surface area contributed by atoms with Crippen molar-refractivity contribution in [1.82, 2.24) is 5.09 Å². The van der Waals surface area contributed by atoms with E-state index in [1.807, 2.05) is 30.3 Å². The summed E-state index contributed by atoms with van der Waals surface area (Å²) < 4.78 is 18.4. The van der Waals surface area contributed by atoms with Crippen molar-refractivity contribution in [1.29, 1.82) is 0 Å². The summed E-state index contributed by atoms with van der Waals surface area (Å²) in [6.07, 6.45) is 0. The van der Waals surface area contributed by atoms with Crippen LogP contribution in [-0.2, 0) is 14.8 Å². The van der Waals surface area contributed by atoms with Crippen LogP contribution >= 0.6 is 18.1 Å². The van der Waals surface area contributed by atoms with Gasteiger partial charge in [-0.15, -0.1) is 0 Å². The Bertz CT molecular complexity index is 860. The van der Waals surface area contributed by atoms with Crippen molar-refractivity contribution < 1.29 is 19.0 Å². The standard InChI is InChI=1S/C19H25ClNO4P/c1-12(2)17(18(22)23)21-26(20,24)25-16-11-14(19(3,4)5)10-13-8-6-7-9-15(13)16/h6-12,17H,1-5H3,(H,21,24)(H,22,23). The van der Waals surface area contributed by atoms with Gasteiger partial charge in [0, 0.05) is 16.6 Å². The summed E-state index contributed by atoms with van der Waals surface area (Å²) in [7, 11) is 0. The van der Waals surface area contributed by atoms with Crippen molar-refractivity contribution in [3.8, 4) is 5.75 Å². The molecule has 142 valence electrons. The molecule has 2 aromatic carbocycles. The molecule has 0 bridgehead atoms. The lowest BCUT2D eigenvalue weighted by molar-refractivity contribution is -0.140. The van der Waals surface area contributed by atoms with Gasteiger partial charge >= 0.3 is 12.8 Å². The summed E-state index contributed by atoms with van der Waals surface area (Å²) in [5.74, 6) is -1.06. The molecule has 0 saturated heterocycles. The lowest BCUT2D eigenvalue weighted by Crippen LogP contribution is -2.38. The van der Waals surface area contributed by atoms with Crippen molar-refractivity contribution >= 4 is 34.9 Å². The van der Waals surface area contributed by atoms with Crippen LogP contribution in [-0.4, -0.2) is 17.1 Å². The molecule has 7 heteroatoms. The molecule has 2 atom stereocenters. The Balaban J connectivity index is 2.46. The highest BCUT2D eigenvalue weighted by molar-refractivity contribution is 7.84. The molecule has 2 N–H and O–H groups in total. The van der Waals surface area contributed by atoms with E-state index in [1.165, 1.54) is 0 Å². The molecular formula is C19H25ClNO4P. The van der Waals surface area contributed by atoms with Gasteiger partial charge in [-0.05, 0) is 28.3 Å². The van der Waals surface area contributed by atoms with E-state index in [4.69, 9.17) is 15.8 Å². The third-order valence-electron chi connectivity index (χ3n) is 4.13. The van der Waals surface area contributed by atoms with E-state index in [2.05, 4.69) is 31.9 Å². The van der Waals surface area contributed by atoms with Crippen LogP contribution in [0.5, 0.6) is 5.75 Å². The number of carboxylic acids is 1. The minimum atomic E-state index is -3.91. The van der Waals surface area contributed by atoms with Gasteiger partial charge in [0.1, 0.15) is 11.8 Å². The van der Waals surface area contributed by atoms with E-state index in [0.717, 1.165) is 16.3 Å². The lowest BCUT2D eigenvalue weighted by Gasteiger charge is -2.24. The molecule has 0 aliphatic rings. The zero-order valence-electron chi connectivity index (χ0n) is 15.6. The zero-order valence-corrected chi connectivity index (χ0v) is 17.3. The lowest BCUT2D eigenvalue weighted by atomic mass is 9.85. The van der Waals surface area contributed by atoms with Gasteiger partial charge in [-0.25, -0.2) is 9.65 Å². The Morgan fingerprint density at radius 1 is 1.23 bits per heavy atom. The molecule has 0 saturated carbocycles. The SMILES string of the molecule is CC(C)C(NP(=O)(Cl)Oc1cc(C(C)(C)C)cc2ccccc12)C(=O)O. The van der Waals surface area contributed by atoms with Gasteiger partial charge in [0.2, 0.25) is 0 Å². The molecule has 0 aliphatic carbocycles. The number of carboxylic acid groups (broad SMARTS) is 1. The van der Waals surface area contributed by atoms with Crippen LogP contribution in [0.2, 0.25) is 0 Å². The summed E-state index contributed by atoms with van der Waals surface area (Å²) in [5, 5.41) is 13.5. The molecule has 5 nitrogen and oxygen atoms in total. The minimum absolute atomic E-state index is 0.145. The number of nitrogens with one attached hydrogen (secondary N) is 1. The van der Waals surface area contributed by atoms with Crippen LogP contribution in [0.1, 0.15) is 40.2 Å². The second kappa shape index (κ2) is 7.59. The molecule has 0 heterocycles. The van der Waals surface area contributed by atoms with Gasteiger partial charge in [0.25, 0.3) is 0 Å². The van der Waals surface area contributed by atoms with Gasteiger partial charge in [-0.2, -0.15) is 0 Å². The Kier molecular flexibility index (Phi) is 6.06. The normalized spacial score (nSPS) is 15.7. The van der Waals surface area contributed by atoms with Crippen molar-refractivity contribution in [3.63, 3.8) is 0 Å². The fourth-order valence-corrected chi connectivity index (χ4v) is 4.33. The Morgan fingerprint density at radius 2 is 1.85 bits per heavy atom. The fourth-order valence-electron chi connectivity index (χ4n) is 2.59. The molecule has 0 fully saturated rings. The first-order chi connectivity index (χ1) is 11.9. The maximum atomic E-state index is 12.8. The maximum Gasteiger partial charge on any atom is 0.409 e. The highest BCUT2D eigenvalue weighted by atomic mass is 35.7. The monoisotopic (exact) mass is 397 g/mol. The van der Waals surface area contributed by atoms with Crippen LogP contribution in [0.4, 0.5) is 0 Å². The summed E-state index contributed by atoms with van der Waals surface area (Å²) in [4.78, 5) is 11.4. The van der Waals surface area contributed by atoms with E-state index in [0.29, 0.717) is 5.75 Å².